The molecule has 0 bridgehead atoms. The molecule has 92 valence electrons. The van der Waals surface area contributed by atoms with Crippen LogP contribution in [0.1, 0.15) is 19.0 Å². The van der Waals surface area contributed by atoms with Gasteiger partial charge in [0.2, 0.25) is 0 Å². The molecule has 1 aromatic rings. The van der Waals surface area contributed by atoms with Crippen LogP contribution in [0.25, 0.3) is 0 Å². The lowest BCUT2D eigenvalue weighted by molar-refractivity contribution is 0.242. The fourth-order valence-electron chi connectivity index (χ4n) is 1.40. The van der Waals surface area contributed by atoms with Crippen molar-refractivity contribution in [2.45, 2.75) is 25.9 Å². The third-order valence-corrected chi connectivity index (χ3v) is 4.10. The van der Waals surface area contributed by atoms with Gasteiger partial charge in [0.15, 0.2) is 0 Å². The Morgan fingerprint density at radius 2 is 2.31 bits per heavy atom. The van der Waals surface area contributed by atoms with Crippen LogP contribution in [0.5, 0.6) is 0 Å². The van der Waals surface area contributed by atoms with Crippen LogP contribution in [-0.4, -0.2) is 46.6 Å². The first-order valence-electron chi connectivity index (χ1n) is 5.37. The zero-order valence-electron chi connectivity index (χ0n) is 10.4. The van der Waals surface area contributed by atoms with Gasteiger partial charge in [0, 0.05) is 31.2 Å². The van der Waals surface area contributed by atoms with Gasteiger partial charge in [-0.3, -0.25) is 4.90 Å². The van der Waals surface area contributed by atoms with Crippen molar-refractivity contribution in [3.05, 3.63) is 5.69 Å². The SMILES string of the molecule is CNc1snnc1CN(C)C(C)CCSC. The first-order valence-corrected chi connectivity index (χ1v) is 7.54. The molecule has 0 aromatic carbocycles. The van der Waals surface area contributed by atoms with Gasteiger partial charge in [0.25, 0.3) is 0 Å². The molecule has 16 heavy (non-hydrogen) atoms. The predicted molar refractivity (Wildman–Crippen MR) is 73.4 cm³/mol. The van der Waals surface area contributed by atoms with Gasteiger partial charge in [0.1, 0.15) is 10.7 Å². The van der Waals surface area contributed by atoms with Crippen LogP contribution >= 0.6 is 23.3 Å². The summed E-state index contributed by atoms with van der Waals surface area (Å²) < 4.78 is 3.97. The van der Waals surface area contributed by atoms with Crippen molar-refractivity contribution in [2.75, 3.05) is 31.4 Å². The summed E-state index contributed by atoms with van der Waals surface area (Å²) in [5.74, 6) is 1.21. The summed E-state index contributed by atoms with van der Waals surface area (Å²) in [5, 5.41) is 8.35. The number of hydrogen-bond acceptors (Lipinski definition) is 6. The van der Waals surface area contributed by atoms with Gasteiger partial charge in [-0.25, -0.2) is 0 Å². The van der Waals surface area contributed by atoms with Crippen molar-refractivity contribution >= 4 is 28.3 Å². The minimum absolute atomic E-state index is 0.582. The third kappa shape index (κ3) is 3.92. The standard InChI is InChI=1S/C10H20N4S2/c1-8(5-6-15-4)14(3)7-9-10(11-2)16-13-12-9/h8,11H,5-7H2,1-4H3. The molecule has 0 saturated carbocycles. The Kier molecular flexibility index (Phi) is 6.08. The smallest absolute Gasteiger partial charge is 0.134 e. The highest BCUT2D eigenvalue weighted by Crippen LogP contribution is 2.19. The van der Waals surface area contributed by atoms with E-state index in [1.54, 1.807) is 0 Å². The van der Waals surface area contributed by atoms with E-state index >= 15 is 0 Å². The maximum atomic E-state index is 4.15. The van der Waals surface area contributed by atoms with Gasteiger partial charge >= 0.3 is 0 Å². The van der Waals surface area contributed by atoms with Crippen molar-refractivity contribution in [2.24, 2.45) is 0 Å². The molecule has 0 amide bonds. The second kappa shape index (κ2) is 7.09. The van der Waals surface area contributed by atoms with Crippen molar-refractivity contribution < 1.29 is 0 Å². The number of hydrogen-bond donors (Lipinski definition) is 1. The highest BCUT2D eigenvalue weighted by molar-refractivity contribution is 7.98. The zero-order valence-corrected chi connectivity index (χ0v) is 12.0. The molecular weight excluding hydrogens is 240 g/mol. The molecule has 1 rings (SSSR count). The lowest BCUT2D eigenvalue weighted by Gasteiger charge is -2.23. The molecule has 1 atom stereocenters. The Bertz CT molecular complexity index is 303. The molecule has 0 spiro atoms. The molecule has 0 aliphatic carbocycles. The van der Waals surface area contributed by atoms with Crippen LogP contribution in [0.2, 0.25) is 0 Å². The summed E-state index contributed by atoms with van der Waals surface area (Å²) in [6, 6.07) is 0.582. The van der Waals surface area contributed by atoms with Gasteiger partial charge in [-0.1, -0.05) is 4.49 Å². The van der Waals surface area contributed by atoms with E-state index in [0.29, 0.717) is 6.04 Å². The molecule has 0 aliphatic rings. The Labute approximate surface area is 106 Å². The molecule has 0 aliphatic heterocycles. The highest BCUT2D eigenvalue weighted by atomic mass is 32.2. The maximum absolute atomic E-state index is 4.15. The zero-order chi connectivity index (χ0) is 12.0. The molecule has 1 unspecified atom stereocenters. The van der Waals surface area contributed by atoms with Crippen LogP contribution in [-0.2, 0) is 6.54 Å². The van der Waals surface area contributed by atoms with E-state index in [0.717, 1.165) is 17.2 Å². The first-order chi connectivity index (χ1) is 7.69. The minimum atomic E-state index is 0.582. The van der Waals surface area contributed by atoms with E-state index < -0.39 is 0 Å². The van der Waals surface area contributed by atoms with Crippen molar-refractivity contribution in [3.8, 4) is 0 Å². The lowest BCUT2D eigenvalue weighted by atomic mass is 10.2. The summed E-state index contributed by atoms with van der Waals surface area (Å²) in [4.78, 5) is 2.33. The summed E-state index contributed by atoms with van der Waals surface area (Å²) in [5.41, 5.74) is 1.05. The summed E-state index contributed by atoms with van der Waals surface area (Å²) in [7, 11) is 4.06. The number of thioether (sulfide) groups is 1. The monoisotopic (exact) mass is 260 g/mol. The van der Waals surface area contributed by atoms with Crippen LogP contribution in [0, 0.1) is 0 Å². The van der Waals surface area contributed by atoms with Crippen molar-refractivity contribution in [1.29, 1.82) is 0 Å². The van der Waals surface area contributed by atoms with Gasteiger partial charge in [-0.15, -0.1) is 5.10 Å². The predicted octanol–water partition coefficient (Wildman–Crippen LogP) is 2.15. The van der Waals surface area contributed by atoms with Crippen LogP contribution in [0.3, 0.4) is 0 Å². The quantitative estimate of drug-likeness (QED) is 0.813. The van der Waals surface area contributed by atoms with E-state index in [4.69, 9.17) is 0 Å². The third-order valence-electron chi connectivity index (χ3n) is 2.67. The second-order valence-corrected chi connectivity index (χ2v) is 5.58. The summed E-state index contributed by atoms with van der Waals surface area (Å²) in [6.07, 6.45) is 3.36. The number of rotatable bonds is 7. The fourth-order valence-corrected chi connectivity index (χ4v) is 2.50. The highest BCUT2D eigenvalue weighted by Gasteiger charge is 2.13. The topological polar surface area (TPSA) is 41.1 Å². The van der Waals surface area contributed by atoms with Crippen LogP contribution in [0.4, 0.5) is 5.00 Å². The van der Waals surface area contributed by atoms with Gasteiger partial charge in [-0.2, -0.15) is 11.8 Å². The number of nitrogens with one attached hydrogen (secondary N) is 1. The maximum Gasteiger partial charge on any atom is 0.134 e. The fraction of sp³-hybridized carbons (Fsp3) is 0.800. The van der Waals surface area contributed by atoms with Crippen LogP contribution < -0.4 is 5.32 Å². The average Bonchev–Trinajstić information content (AvgIpc) is 2.72. The Morgan fingerprint density at radius 3 is 2.94 bits per heavy atom. The molecule has 6 heteroatoms. The van der Waals surface area contributed by atoms with Crippen molar-refractivity contribution in [1.82, 2.24) is 14.5 Å². The van der Waals surface area contributed by atoms with E-state index in [9.17, 15) is 0 Å². The molecule has 1 heterocycles. The first kappa shape index (κ1) is 13.7. The molecule has 0 radical (unpaired) electrons. The molecule has 0 saturated heterocycles. The van der Waals surface area contributed by atoms with Gasteiger partial charge in [-0.05, 0) is 32.4 Å². The van der Waals surface area contributed by atoms with E-state index in [1.807, 2.05) is 18.8 Å². The number of anilines is 1. The van der Waals surface area contributed by atoms with E-state index in [2.05, 4.69) is 40.0 Å². The van der Waals surface area contributed by atoms with E-state index in [-0.39, 0.29) is 0 Å². The minimum Gasteiger partial charge on any atom is -0.377 e. The number of aromatic nitrogens is 2. The average molecular weight is 260 g/mol. The Morgan fingerprint density at radius 1 is 1.56 bits per heavy atom. The normalized spacial score (nSPS) is 13.1. The molecule has 1 N–H and O–H groups in total. The molecule has 4 nitrogen and oxygen atoms in total. The largest absolute Gasteiger partial charge is 0.377 e. The summed E-state index contributed by atoms with van der Waals surface area (Å²) in [6.45, 7) is 3.12. The Balaban J connectivity index is 2.47. The molecule has 1 aromatic heterocycles. The van der Waals surface area contributed by atoms with Crippen molar-refractivity contribution in [3.63, 3.8) is 0 Å². The number of nitrogens with zero attached hydrogens (tertiary/aromatic N) is 3. The van der Waals surface area contributed by atoms with Gasteiger partial charge in [0.05, 0.1) is 0 Å². The summed E-state index contributed by atoms with van der Waals surface area (Å²) >= 11 is 3.32. The van der Waals surface area contributed by atoms with Gasteiger partial charge < -0.3 is 5.32 Å². The molecular formula is C10H20N4S2. The van der Waals surface area contributed by atoms with E-state index in [1.165, 1.54) is 23.7 Å². The van der Waals surface area contributed by atoms with Crippen LogP contribution in [0.15, 0.2) is 0 Å². The molecule has 0 fully saturated rings. The second-order valence-electron chi connectivity index (χ2n) is 3.84. The lowest BCUT2D eigenvalue weighted by Crippen LogP contribution is -2.29. The Hall–Kier alpha value is -0.330.